The van der Waals surface area contributed by atoms with E-state index >= 15 is 0 Å². The van der Waals surface area contributed by atoms with Crippen LogP contribution in [0.3, 0.4) is 0 Å². The summed E-state index contributed by atoms with van der Waals surface area (Å²) in [6, 6.07) is 15.2. The molecule has 3 rings (SSSR count). The Balaban J connectivity index is 1.97. The molecule has 0 saturated heterocycles. The molecule has 0 spiro atoms. The summed E-state index contributed by atoms with van der Waals surface area (Å²) >= 11 is 0. The van der Waals surface area contributed by atoms with Crippen molar-refractivity contribution >= 4 is 22.6 Å². The number of para-hydroxylation sites is 3. The van der Waals surface area contributed by atoms with Gasteiger partial charge < -0.3 is 10.3 Å². The topological polar surface area (TPSA) is 108 Å². The van der Waals surface area contributed by atoms with E-state index in [9.17, 15) is 14.4 Å². The fraction of sp³-hybridized carbons (Fsp3) is 0.0588. The molecule has 1 heterocycles. The zero-order chi connectivity index (χ0) is 17.1. The highest BCUT2D eigenvalue weighted by Gasteiger charge is 2.12. The molecular weight excluding hydrogens is 308 g/mol. The molecule has 1 aromatic heterocycles. The van der Waals surface area contributed by atoms with Gasteiger partial charge in [-0.25, -0.2) is 0 Å². The number of carbonyl (C=O) groups is 1. The van der Waals surface area contributed by atoms with Crippen LogP contribution in [0.1, 0.15) is 5.56 Å². The van der Waals surface area contributed by atoms with Crippen LogP contribution in [0.25, 0.3) is 11.0 Å². The Kier molecular flexibility index (Phi) is 3.95. The molecule has 0 aliphatic rings. The third kappa shape index (κ3) is 2.80. The van der Waals surface area contributed by atoms with Gasteiger partial charge in [-0.1, -0.05) is 24.3 Å². The maximum Gasteiger partial charge on any atom is 0.317 e. The highest BCUT2D eigenvalue weighted by molar-refractivity contribution is 5.92. The average molecular weight is 320 g/mol. The van der Waals surface area contributed by atoms with Gasteiger partial charge >= 0.3 is 11.1 Å². The summed E-state index contributed by atoms with van der Waals surface area (Å²) in [5, 5.41) is 11.6. The fourth-order valence-electron chi connectivity index (χ4n) is 2.40. The second-order valence-corrected chi connectivity index (χ2v) is 5.07. The van der Waals surface area contributed by atoms with Crippen molar-refractivity contribution in [3.05, 3.63) is 74.8 Å². The number of hydrogen-bond acceptors (Lipinski definition) is 4. The Bertz CT molecular complexity index is 1090. The van der Waals surface area contributed by atoms with E-state index in [-0.39, 0.29) is 6.54 Å². The highest BCUT2D eigenvalue weighted by Crippen LogP contribution is 2.14. The smallest absolute Gasteiger partial charge is 0.317 e. The van der Waals surface area contributed by atoms with E-state index in [4.69, 9.17) is 5.26 Å². The lowest BCUT2D eigenvalue weighted by atomic mass is 10.2. The third-order valence-electron chi connectivity index (χ3n) is 3.51. The van der Waals surface area contributed by atoms with Crippen molar-refractivity contribution in [1.29, 1.82) is 5.26 Å². The van der Waals surface area contributed by atoms with Crippen molar-refractivity contribution in [2.75, 3.05) is 5.32 Å². The van der Waals surface area contributed by atoms with Gasteiger partial charge in [-0.2, -0.15) is 5.26 Å². The Hall–Kier alpha value is -3.66. The van der Waals surface area contributed by atoms with Crippen LogP contribution in [0.2, 0.25) is 0 Å². The molecule has 2 aromatic carbocycles. The largest absolute Gasteiger partial charge is 0.323 e. The predicted molar refractivity (Wildman–Crippen MR) is 88.6 cm³/mol. The lowest BCUT2D eigenvalue weighted by molar-refractivity contribution is -0.116. The Morgan fingerprint density at radius 3 is 2.62 bits per heavy atom. The molecule has 0 aliphatic heterocycles. The molecule has 2 N–H and O–H groups in total. The van der Waals surface area contributed by atoms with E-state index in [1.54, 1.807) is 48.5 Å². The number of carbonyl (C=O) groups excluding carboxylic acids is 1. The number of aromatic nitrogens is 2. The minimum atomic E-state index is -0.808. The van der Waals surface area contributed by atoms with Gasteiger partial charge in [-0.15, -0.1) is 0 Å². The summed E-state index contributed by atoms with van der Waals surface area (Å²) in [4.78, 5) is 38.6. The lowest BCUT2D eigenvalue weighted by Crippen LogP contribution is -2.38. The molecule has 1 amide bonds. The number of H-pyrrole nitrogens is 1. The monoisotopic (exact) mass is 320 g/mol. The summed E-state index contributed by atoms with van der Waals surface area (Å²) in [6.07, 6.45) is 0. The average Bonchev–Trinajstić information content (AvgIpc) is 2.59. The molecule has 7 nitrogen and oxygen atoms in total. The number of rotatable bonds is 3. The molecule has 24 heavy (non-hydrogen) atoms. The van der Waals surface area contributed by atoms with Crippen molar-refractivity contribution < 1.29 is 4.79 Å². The number of nitrogens with zero attached hydrogens (tertiary/aromatic N) is 2. The molecule has 0 radical (unpaired) electrons. The van der Waals surface area contributed by atoms with Gasteiger partial charge in [0.1, 0.15) is 12.6 Å². The molecule has 7 heteroatoms. The summed E-state index contributed by atoms with van der Waals surface area (Å²) in [7, 11) is 0. The van der Waals surface area contributed by atoms with Crippen LogP contribution in [0.5, 0.6) is 0 Å². The Labute approximate surface area is 135 Å². The first-order chi connectivity index (χ1) is 11.6. The molecule has 0 saturated carbocycles. The van der Waals surface area contributed by atoms with Gasteiger partial charge in [0.2, 0.25) is 5.91 Å². The molecule has 0 atom stereocenters. The van der Waals surface area contributed by atoms with Crippen LogP contribution < -0.4 is 16.4 Å². The van der Waals surface area contributed by atoms with E-state index in [1.807, 2.05) is 6.07 Å². The summed E-state index contributed by atoms with van der Waals surface area (Å²) in [5.74, 6) is -0.504. The van der Waals surface area contributed by atoms with Crippen LogP contribution in [0.4, 0.5) is 5.69 Å². The van der Waals surface area contributed by atoms with Crippen LogP contribution in [0.15, 0.2) is 58.1 Å². The molecule has 3 aromatic rings. The first-order valence-corrected chi connectivity index (χ1v) is 7.11. The van der Waals surface area contributed by atoms with Crippen molar-refractivity contribution in [2.45, 2.75) is 6.54 Å². The van der Waals surface area contributed by atoms with Gasteiger partial charge in [0.25, 0.3) is 0 Å². The van der Waals surface area contributed by atoms with Gasteiger partial charge in [-0.3, -0.25) is 19.0 Å². The minimum Gasteiger partial charge on any atom is -0.323 e. The number of nitriles is 1. The summed E-state index contributed by atoms with van der Waals surface area (Å²) < 4.78 is 1.11. The van der Waals surface area contributed by atoms with Crippen LogP contribution in [0, 0.1) is 11.3 Å². The fourth-order valence-corrected chi connectivity index (χ4v) is 2.40. The van der Waals surface area contributed by atoms with Crippen molar-refractivity contribution in [3.63, 3.8) is 0 Å². The van der Waals surface area contributed by atoms with Crippen LogP contribution in [-0.4, -0.2) is 15.5 Å². The lowest BCUT2D eigenvalue weighted by Gasteiger charge is -2.10. The van der Waals surface area contributed by atoms with Gasteiger partial charge in [-0.05, 0) is 24.3 Å². The maximum absolute atomic E-state index is 12.3. The van der Waals surface area contributed by atoms with E-state index < -0.39 is 17.0 Å². The van der Waals surface area contributed by atoms with Gasteiger partial charge in [0, 0.05) is 0 Å². The quantitative estimate of drug-likeness (QED) is 0.707. The second-order valence-electron chi connectivity index (χ2n) is 5.07. The zero-order valence-corrected chi connectivity index (χ0v) is 12.4. The zero-order valence-electron chi connectivity index (χ0n) is 12.4. The molecule has 118 valence electrons. The first-order valence-electron chi connectivity index (χ1n) is 7.11. The number of hydrogen-bond donors (Lipinski definition) is 2. The predicted octanol–water partition coefficient (Wildman–Crippen LogP) is 1.20. The standard InChI is InChI=1S/C17H12N4O3/c18-9-11-5-1-2-6-12(11)19-15(22)10-21-14-8-4-3-7-13(14)20-16(23)17(21)24/h1-8H,10H2,(H,19,22)(H,20,23). The van der Waals surface area contributed by atoms with Gasteiger partial charge in [0.05, 0.1) is 22.3 Å². The summed E-state index contributed by atoms with van der Waals surface area (Å²) in [5.41, 5.74) is -0.0179. The number of nitrogens with one attached hydrogen (secondary N) is 2. The molecular formula is C17H12N4O3. The second kappa shape index (κ2) is 6.22. The van der Waals surface area contributed by atoms with E-state index in [0.29, 0.717) is 22.3 Å². The van der Waals surface area contributed by atoms with E-state index in [1.165, 1.54) is 0 Å². The van der Waals surface area contributed by atoms with E-state index in [2.05, 4.69) is 10.3 Å². The van der Waals surface area contributed by atoms with Crippen molar-refractivity contribution in [1.82, 2.24) is 9.55 Å². The third-order valence-corrected chi connectivity index (χ3v) is 3.51. The molecule has 0 unspecified atom stereocenters. The molecule has 0 aliphatic carbocycles. The van der Waals surface area contributed by atoms with Gasteiger partial charge in [0.15, 0.2) is 0 Å². The van der Waals surface area contributed by atoms with Crippen molar-refractivity contribution in [3.8, 4) is 6.07 Å². The number of amides is 1. The van der Waals surface area contributed by atoms with Crippen LogP contribution >= 0.6 is 0 Å². The molecule has 0 bridgehead atoms. The number of benzene rings is 2. The van der Waals surface area contributed by atoms with Crippen molar-refractivity contribution in [2.24, 2.45) is 0 Å². The SMILES string of the molecule is N#Cc1ccccc1NC(=O)Cn1c(=O)c(=O)[nH]c2ccccc21. The van der Waals surface area contributed by atoms with Crippen LogP contribution in [-0.2, 0) is 11.3 Å². The first kappa shape index (κ1) is 15.2. The number of fused-ring (bicyclic) bond motifs is 1. The maximum atomic E-state index is 12.3. The van der Waals surface area contributed by atoms with E-state index in [0.717, 1.165) is 4.57 Å². The number of aromatic amines is 1. The minimum absolute atomic E-state index is 0.314. The normalized spacial score (nSPS) is 10.3. The Morgan fingerprint density at radius 2 is 1.83 bits per heavy atom. The highest BCUT2D eigenvalue weighted by atomic mass is 16.2. The Morgan fingerprint density at radius 1 is 1.12 bits per heavy atom. The number of anilines is 1. The molecule has 0 fully saturated rings. The summed E-state index contributed by atoms with van der Waals surface area (Å²) in [6.45, 7) is -0.330.